The first kappa shape index (κ1) is 15.9. The number of rotatable bonds is 9. The molecule has 0 aliphatic heterocycles. The smallest absolute Gasteiger partial charge is 0.138 e. The van der Waals surface area contributed by atoms with Gasteiger partial charge in [-0.25, -0.2) is 0 Å². The molecule has 0 saturated carbocycles. The Morgan fingerprint density at radius 2 is 1.95 bits per heavy atom. The second-order valence-electron chi connectivity index (χ2n) is 4.44. The molecule has 0 atom stereocenters. The molecule has 0 bridgehead atoms. The normalized spacial score (nSPS) is 10.2. The largest absolute Gasteiger partial charge is 0.492 e. The highest BCUT2D eigenvalue weighted by Crippen LogP contribution is 2.29. The van der Waals surface area contributed by atoms with Gasteiger partial charge in [-0.15, -0.1) is 11.8 Å². The summed E-state index contributed by atoms with van der Waals surface area (Å²) < 4.78 is 5.76. The van der Waals surface area contributed by atoms with E-state index < -0.39 is 0 Å². The molecule has 1 aromatic carbocycles. The van der Waals surface area contributed by atoms with Gasteiger partial charge in [0.05, 0.1) is 6.61 Å². The molecule has 1 aromatic rings. The minimum Gasteiger partial charge on any atom is -0.492 e. The molecule has 3 heteroatoms. The third-order valence-corrected chi connectivity index (χ3v) is 3.84. The number of nitriles is 1. The van der Waals surface area contributed by atoms with Crippen LogP contribution in [0.1, 0.15) is 51.5 Å². The monoisotopic (exact) mass is 277 g/mol. The molecule has 0 N–H and O–H groups in total. The summed E-state index contributed by atoms with van der Waals surface area (Å²) in [5.41, 5.74) is 0.683. The topological polar surface area (TPSA) is 33.0 Å². The molecular weight excluding hydrogens is 254 g/mol. The molecule has 0 heterocycles. The quantitative estimate of drug-likeness (QED) is 0.469. The van der Waals surface area contributed by atoms with Crippen LogP contribution in [-0.2, 0) is 0 Å². The zero-order valence-electron chi connectivity index (χ0n) is 11.9. The van der Waals surface area contributed by atoms with Crippen LogP contribution >= 0.6 is 11.8 Å². The van der Waals surface area contributed by atoms with E-state index in [0.717, 1.165) is 22.8 Å². The number of nitrogens with zero attached hydrogens (tertiary/aromatic N) is 1. The molecule has 0 fully saturated rings. The van der Waals surface area contributed by atoms with Crippen molar-refractivity contribution in [1.29, 1.82) is 5.26 Å². The minimum absolute atomic E-state index is 0.683. The average molecular weight is 277 g/mol. The molecule has 19 heavy (non-hydrogen) atoms. The van der Waals surface area contributed by atoms with Crippen LogP contribution in [0, 0.1) is 11.3 Å². The summed E-state index contributed by atoms with van der Waals surface area (Å²) in [6, 6.07) is 8.11. The van der Waals surface area contributed by atoms with Crippen molar-refractivity contribution in [2.75, 3.05) is 12.4 Å². The molecule has 0 spiro atoms. The summed E-state index contributed by atoms with van der Waals surface area (Å²) in [7, 11) is 0. The lowest BCUT2D eigenvalue weighted by molar-refractivity contribution is 0.303. The number of thioether (sulfide) groups is 1. The highest BCUT2D eigenvalue weighted by atomic mass is 32.2. The van der Waals surface area contributed by atoms with Gasteiger partial charge in [-0.3, -0.25) is 0 Å². The van der Waals surface area contributed by atoms with Crippen LogP contribution < -0.4 is 4.74 Å². The van der Waals surface area contributed by atoms with Gasteiger partial charge < -0.3 is 4.74 Å². The highest BCUT2D eigenvalue weighted by Gasteiger charge is 2.08. The SMILES string of the molecule is CCCCCCCOc1cccc(SCC)c1C#N. The van der Waals surface area contributed by atoms with Crippen molar-refractivity contribution in [1.82, 2.24) is 0 Å². The summed E-state index contributed by atoms with van der Waals surface area (Å²) in [6.45, 7) is 5.01. The van der Waals surface area contributed by atoms with E-state index in [2.05, 4.69) is 19.9 Å². The van der Waals surface area contributed by atoms with Gasteiger partial charge in [-0.05, 0) is 24.3 Å². The van der Waals surface area contributed by atoms with Crippen LogP contribution in [0.3, 0.4) is 0 Å². The zero-order chi connectivity index (χ0) is 13.9. The van der Waals surface area contributed by atoms with Crippen LogP contribution in [0.4, 0.5) is 0 Å². The molecule has 0 radical (unpaired) electrons. The lowest BCUT2D eigenvalue weighted by Crippen LogP contribution is -2.00. The fraction of sp³-hybridized carbons (Fsp3) is 0.562. The van der Waals surface area contributed by atoms with Gasteiger partial charge in [0.15, 0.2) is 0 Å². The van der Waals surface area contributed by atoms with Crippen molar-refractivity contribution >= 4 is 11.8 Å². The third kappa shape index (κ3) is 5.57. The Hall–Kier alpha value is -1.14. The van der Waals surface area contributed by atoms with Crippen molar-refractivity contribution in [3.8, 4) is 11.8 Å². The lowest BCUT2D eigenvalue weighted by atomic mass is 10.2. The Morgan fingerprint density at radius 1 is 1.16 bits per heavy atom. The fourth-order valence-corrected chi connectivity index (χ4v) is 2.68. The fourth-order valence-electron chi connectivity index (χ4n) is 1.90. The van der Waals surface area contributed by atoms with E-state index in [4.69, 9.17) is 4.74 Å². The number of benzene rings is 1. The average Bonchev–Trinajstić information content (AvgIpc) is 2.43. The predicted molar refractivity (Wildman–Crippen MR) is 81.8 cm³/mol. The summed E-state index contributed by atoms with van der Waals surface area (Å²) >= 11 is 1.69. The standard InChI is InChI=1S/C16H23NOS/c1-3-5-6-7-8-12-18-15-10-9-11-16(19-4-2)14(15)13-17/h9-11H,3-8,12H2,1-2H3. The predicted octanol–water partition coefficient (Wildman–Crippen LogP) is 5.02. The van der Waals surface area contributed by atoms with E-state index in [1.165, 1.54) is 25.7 Å². The van der Waals surface area contributed by atoms with E-state index in [1.807, 2.05) is 18.2 Å². The first-order chi connectivity index (χ1) is 9.33. The van der Waals surface area contributed by atoms with Gasteiger partial charge in [0.2, 0.25) is 0 Å². The molecule has 0 saturated heterocycles. The molecule has 1 rings (SSSR count). The van der Waals surface area contributed by atoms with Gasteiger partial charge in [0.25, 0.3) is 0 Å². The summed E-state index contributed by atoms with van der Waals surface area (Å²) in [5.74, 6) is 1.70. The molecule has 0 aromatic heterocycles. The molecule has 2 nitrogen and oxygen atoms in total. The number of ether oxygens (including phenoxy) is 1. The third-order valence-electron chi connectivity index (χ3n) is 2.91. The Bertz CT molecular complexity index is 412. The highest BCUT2D eigenvalue weighted by molar-refractivity contribution is 7.99. The first-order valence-corrected chi connectivity index (χ1v) is 8.10. The second-order valence-corrected chi connectivity index (χ2v) is 5.74. The maximum absolute atomic E-state index is 9.26. The number of unbranched alkanes of at least 4 members (excludes halogenated alkanes) is 4. The van der Waals surface area contributed by atoms with E-state index >= 15 is 0 Å². The van der Waals surface area contributed by atoms with Crippen molar-refractivity contribution < 1.29 is 4.74 Å². The maximum atomic E-state index is 9.26. The molecule has 0 unspecified atom stereocenters. The molecule has 0 aliphatic rings. The summed E-state index contributed by atoms with van der Waals surface area (Å²) in [4.78, 5) is 1.02. The Labute approximate surface area is 121 Å². The van der Waals surface area contributed by atoms with Crippen molar-refractivity contribution in [2.24, 2.45) is 0 Å². The Morgan fingerprint density at radius 3 is 2.63 bits per heavy atom. The maximum Gasteiger partial charge on any atom is 0.138 e. The Balaban J connectivity index is 2.49. The van der Waals surface area contributed by atoms with Crippen LogP contribution in [-0.4, -0.2) is 12.4 Å². The molecule has 0 aliphatic carbocycles. The van der Waals surface area contributed by atoms with Gasteiger partial charge >= 0.3 is 0 Å². The van der Waals surface area contributed by atoms with E-state index in [0.29, 0.717) is 12.2 Å². The molecule has 104 valence electrons. The van der Waals surface area contributed by atoms with Crippen LogP contribution in [0.5, 0.6) is 5.75 Å². The van der Waals surface area contributed by atoms with Gasteiger partial charge in [0.1, 0.15) is 17.4 Å². The first-order valence-electron chi connectivity index (χ1n) is 7.12. The lowest BCUT2D eigenvalue weighted by Gasteiger charge is -2.10. The van der Waals surface area contributed by atoms with E-state index in [-0.39, 0.29) is 0 Å². The van der Waals surface area contributed by atoms with Crippen LogP contribution in [0.15, 0.2) is 23.1 Å². The number of hydrogen-bond acceptors (Lipinski definition) is 3. The van der Waals surface area contributed by atoms with Gasteiger partial charge in [0, 0.05) is 4.90 Å². The second kappa shape index (κ2) is 9.75. The van der Waals surface area contributed by atoms with E-state index in [9.17, 15) is 5.26 Å². The molecular formula is C16H23NOS. The molecule has 0 amide bonds. The van der Waals surface area contributed by atoms with Gasteiger partial charge in [-0.2, -0.15) is 5.26 Å². The summed E-state index contributed by atoms with van der Waals surface area (Å²) in [5, 5.41) is 9.26. The van der Waals surface area contributed by atoms with Crippen molar-refractivity contribution in [2.45, 2.75) is 50.8 Å². The Kier molecular flexibility index (Phi) is 8.16. The van der Waals surface area contributed by atoms with Crippen LogP contribution in [0.2, 0.25) is 0 Å². The van der Waals surface area contributed by atoms with Gasteiger partial charge in [-0.1, -0.05) is 45.6 Å². The summed E-state index contributed by atoms with van der Waals surface area (Å²) in [6.07, 6.45) is 6.10. The van der Waals surface area contributed by atoms with Crippen LogP contribution in [0.25, 0.3) is 0 Å². The number of hydrogen-bond donors (Lipinski definition) is 0. The zero-order valence-corrected chi connectivity index (χ0v) is 12.8. The van der Waals surface area contributed by atoms with Crippen molar-refractivity contribution in [3.63, 3.8) is 0 Å². The minimum atomic E-state index is 0.683. The van der Waals surface area contributed by atoms with E-state index in [1.54, 1.807) is 11.8 Å². The van der Waals surface area contributed by atoms with Crippen molar-refractivity contribution in [3.05, 3.63) is 23.8 Å².